The van der Waals surface area contributed by atoms with Gasteiger partial charge < -0.3 is 20.3 Å². The summed E-state index contributed by atoms with van der Waals surface area (Å²) in [5.74, 6) is 0.0102. The van der Waals surface area contributed by atoms with Gasteiger partial charge in [0, 0.05) is 6.42 Å². The van der Waals surface area contributed by atoms with Crippen LogP contribution in [0.5, 0.6) is 11.5 Å². The molecule has 140 valence electrons. The Balaban J connectivity index is 0.000000260. The lowest BCUT2D eigenvalue weighted by Crippen LogP contribution is -2.11. The zero-order valence-corrected chi connectivity index (χ0v) is 15.3. The normalized spacial score (nSPS) is 10.9. The van der Waals surface area contributed by atoms with E-state index in [0.717, 1.165) is 22.6 Å². The molecule has 1 atom stereocenters. The van der Waals surface area contributed by atoms with E-state index in [-0.39, 0.29) is 5.91 Å². The number of aryl methyl sites for hydroxylation is 1. The van der Waals surface area contributed by atoms with Crippen molar-refractivity contribution in [2.45, 2.75) is 25.7 Å². The van der Waals surface area contributed by atoms with E-state index in [9.17, 15) is 9.59 Å². The van der Waals surface area contributed by atoms with Crippen LogP contribution < -0.4 is 15.2 Å². The first-order valence-corrected chi connectivity index (χ1v) is 8.15. The largest absolute Gasteiger partial charge is 0.497 e. The van der Waals surface area contributed by atoms with E-state index in [1.54, 1.807) is 45.4 Å². The van der Waals surface area contributed by atoms with Crippen LogP contribution in [0.1, 0.15) is 30.4 Å². The third kappa shape index (κ3) is 7.25. The third-order valence-corrected chi connectivity index (χ3v) is 3.81. The maximum absolute atomic E-state index is 10.6. The van der Waals surface area contributed by atoms with Gasteiger partial charge in [-0.05, 0) is 48.7 Å². The molecule has 1 unspecified atom stereocenters. The molecule has 0 aliphatic rings. The Bertz CT molecular complexity index is 695. The molecule has 3 N–H and O–H groups in total. The molecule has 2 rings (SSSR count). The van der Waals surface area contributed by atoms with Gasteiger partial charge in [-0.1, -0.05) is 24.3 Å². The average molecular weight is 359 g/mol. The number of carboxylic acids is 1. The van der Waals surface area contributed by atoms with Gasteiger partial charge in [-0.15, -0.1) is 0 Å². The zero-order chi connectivity index (χ0) is 19.5. The second-order valence-corrected chi connectivity index (χ2v) is 5.65. The number of rotatable bonds is 7. The standard InChI is InChI=1S/C10H13NO2.C10H12O3/c1-13-9-5-2-8(3-6-9)4-7-10(11)12;1-7(10(11)12)8-3-5-9(13-2)6-4-8/h2-3,5-6H,4,7H2,1H3,(H2,11,12);3-7H,1-2H3,(H,11,12). The predicted molar refractivity (Wildman–Crippen MR) is 99.6 cm³/mol. The minimum atomic E-state index is -0.815. The van der Waals surface area contributed by atoms with Crippen LogP contribution in [-0.4, -0.2) is 31.2 Å². The number of aliphatic carboxylic acids is 1. The molecule has 2 aromatic carbocycles. The summed E-state index contributed by atoms with van der Waals surface area (Å²) in [5, 5.41) is 8.73. The van der Waals surface area contributed by atoms with E-state index < -0.39 is 11.9 Å². The van der Waals surface area contributed by atoms with E-state index in [2.05, 4.69) is 0 Å². The van der Waals surface area contributed by atoms with E-state index in [1.807, 2.05) is 24.3 Å². The molecular formula is C20H25NO5. The molecule has 0 heterocycles. The predicted octanol–water partition coefficient (Wildman–Crippen LogP) is 3.00. The van der Waals surface area contributed by atoms with Gasteiger partial charge in [0.25, 0.3) is 0 Å². The van der Waals surface area contributed by atoms with Gasteiger partial charge in [0.2, 0.25) is 5.91 Å². The Hall–Kier alpha value is -3.02. The minimum absolute atomic E-state index is 0.268. The first-order chi connectivity index (χ1) is 12.4. The maximum atomic E-state index is 10.6. The Morgan fingerprint density at radius 2 is 1.42 bits per heavy atom. The summed E-state index contributed by atoms with van der Waals surface area (Å²) in [6.45, 7) is 1.66. The fourth-order valence-corrected chi connectivity index (χ4v) is 2.09. The van der Waals surface area contributed by atoms with Crippen molar-refractivity contribution in [2.24, 2.45) is 5.73 Å². The number of hydrogen-bond donors (Lipinski definition) is 2. The monoisotopic (exact) mass is 359 g/mol. The van der Waals surface area contributed by atoms with Crippen LogP contribution in [0, 0.1) is 0 Å². The summed E-state index contributed by atoms with van der Waals surface area (Å²) < 4.78 is 9.97. The molecule has 0 aliphatic heterocycles. The van der Waals surface area contributed by atoms with Gasteiger partial charge in [0.15, 0.2) is 0 Å². The number of hydrogen-bond acceptors (Lipinski definition) is 4. The topological polar surface area (TPSA) is 98.8 Å². The van der Waals surface area contributed by atoms with Crippen molar-refractivity contribution >= 4 is 11.9 Å². The molecule has 0 aromatic heterocycles. The molecule has 2 aromatic rings. The van der Waals surface area contributed by atoms with Gasteiger partial charge in [-0.25, -0.2) is 0 Å². The smallest absolute Gasteiger partial charge is 0.310 e. The van der Waals surface area contributed by atoms with Crippen LogP contribution in [0.25, 0.3) is 0 Å². The summed E-state index contributed by atoms with van der Waals surface area (Å²) in [6.07, 6.45) is 1.09. The second kappa shape index (κ2) is 10.8. The first kappa shape index (κ1) is 21.0. The van der Waals surface area contributed by atoms with Gasteiger partial charge in [0.1, 0.15) is 11.5 Å². The molecule has 0 saturated carbocycles. The number of carbonyl (C=O) groups is 2. The Morgan fingerprint density at radius 3 is 1.81 bits per heavy atom. The number of amides is 1. The number of carboxylic acid groups (broad SMARTS) is 1. The van der Waals surface area contributed by atoms with Gasteiger partial charge in [0.05, 0.1) is 20.1 Å². The maximum Gasteiger partial charge on any atom is 0.310 e. The van der Waals surface area contributed by atoms with E-state index in [0.29, 0.717) is 12.8 Å². The number of methoxy groups -OCH3 is 2. The number of nitrogens with two attached hydrogens (primary N) is 1. The average Bonchev–Trinajstić information content (AvgIpc) is 2.66. The van der Waals surface area contributed by atoms with Gasteiger partial charge in [-0.2, -0.15) is 0 Å². The summed E-state index contributed by atoms with van der Waals surface area (Å²) in [6, 6.07) is 14.6. The lowest BCUT2D eigenvalue weighted by molar-refractivity contribution is -0.138. The van der Waals surface area contributed by atoms with Crippen LogP contribution in [-0.2, 0) is 16.0 Å². The van der Waals surface area contributed by atoms with Gasteiger partial charge >= 0.3 is 5.97 Å². The molecule has 26 heavy (non-hydrogen) atoms. The molecule has 0 saturated heterocycles. The molecule has 0 spiro atoms. The highest BCUT2D eigenvalue weighted by molar-refractivity contribution is 5.75. The number of ether oxygens (including phenoxy) is 2. The van der Waals surface area contributed by atoms with Crippen molar-refractivity contribution in [1.29, 1.82) is 0 Å². The van der Waals surface area contributed by atoms with Crippen molar-refractivity contribution in [3.05, 3.63) is 59.7 Å². The van der Waals surface area contributed by atoms with Crippen molar-refractivity contribution in [3.8, 4) is 11.5 Å². The lowest BCUT2D eigenvalue weighted by Gasteiger charge is -2.06. The Kier molecular flexibility index (Phi) is 8.70. The van der Waals surface area contributed by atoms with Crippen molar-refractivity contribution in [1.82, 2.24) is 0 Å². The highest BCUT2D eigenvalue weighted by Crippen LogP contribution is 2.18. The van der Waals surface area contributed by atoms with E-state index in [1.165, 1.54) is 0 Å². The number of primary amides is 1. The summed E-state index contributed by atoms with van der Waals surface area (Å²) in [4.78, 5) is 21.1. The van der Waals surface area contributed by atoms with E-state index >= 15 is 0 Å². The van der Waals surface area contributed by atoms with Crippen molar-refractivity contribution < 1.29 is 24.2 Å². The molecular weight excluding hydrogens is 334 g/mol. The van der Waals surface area contributed by atoms with Crippen LogP contribution in [0.15, 0.2) is 48.5 Å². The molecule has 6 heteroatoms. The highest BCUT2D eigenvalue weighted by atomic mass is 16.5. The summed E-state index contributed by atoms with van der Waals surface area (Å²) >= 11 is 0. The zero-order valence-electron chi connectivity index (χ0n) is 15.3. The summed E-state index contributed by atoms with van der Waals surface area (Å²) in [5.41, 5.74) is 6.92. The van der Waals surface area contributed by atoms with Crippen molar-refractivity contribution in [2.75, 3.05) is 14.2 Å². The highest BCUT2D eigenvalue weighted by Gasteiger charge is 2.12. The second-order valence-electron chi connectivity index (χ2n) is 5.65. The quantitative estimate of drug-likeness (QED) is 0.792. The van der Waals surface area contributed by atoms with Crippen LogP contribution in [0.2, 0.25) is 0 Å². The lowest BCUT2D eigenvalue weighted by atomic mass is 10.0. The van der Waals surface area contributed by atoms with Crippen molar-refractivity contribution in [3.63, 3.8) is 0 Å². The van der Waals surface area contributed by atoms with Crippen LogP contribution >= 0.6 is 0 Å². The van der Waals surface area contributed by atoms with Gasteiger partial charge in [-0.3, -0.25) is 9.59 Å². The molecule has 6 nitrogen and oxygen atoms in total. The Labute approximate surface area is 153 Å². The van der Waals surface area contributed by atoms with Crippen LogP contribution in [0.4, 0.5) is 0 Å². The molecule has 1 amide bonds. The molecule has 0 bridgehead atoms. The SMILES string of the molecule is COc1ccc(C(C)C(=O)O)cc1.COc1ccc(CCC(N)=O)cc1. The summed E-state index contributed by atoms with van der Waals surface area (Å²) in [7, 11) is 3.20. The fourth-order valence-electron chi connectivity index (χ4n) is 2.09. The third-order valence-electron chi connectivity index (χ3n) is 3.81. The molecule has 0 fully saturated rings. The Morgan fingerprint density at radius 1 is 0.962 bits per heavy atom. The molecule has 0 radical (unpaired) electrons. The fraction of sp³-hybridized carbons (Fsp3) is 0.300. The first-order valence-electron chi connectivity index (χ1n) is 8.15. The molecule has 0 aliphatic carbocycles. The van der Waals surface area contributed by atoms with Crippen LogP contribution in [0.3, 0.4) is 0 Å². The minimum Gasteiger partial charge on any atom is -0.497 e. The number of benzene rings is 2. The van der Waals surface area contributed by atoms with E-state index in [4.69, 9.17) is 20.3 Å². The number of carbonyl (C=O) groups excluding carboxylic acids is 1.